The Bertz CT molecular complexity index is 1540. The van der Waals surface area contributed by atoms with Gasteiger partial charge in [0.2, 0.25) is 21.8 Å². The first kappa shape index (κ1) is 31.5. The molecule has 0 aliphatic carbocycles. The Balaban J connectivity index is 1.75. The molecule has 3 aromatic carbocycles. The molecule has 12 heteroatoms. The van der Waals surface area contributed by atoms with E-state index in [0.717, 1.165) is 16.1 Å². The lowest BCUT2D eigenvalue weighted by Gasteiger charge is -2.34. The van der Waals surface area contributed by atoms with E-state index in [1.165, 1.54) is 11.0 Å². The van der Waals surface area contributed by atoms with E-state index in [1.54, 1.807) is 30.3 Å². The Morgan fingerprint density at radius 2 is 1.64 bits per heavy atom. The molecule has 0 radical (unpaired) electrons. The second-order valence-electron chi connectivity index (χ2n) is 10.2. The van der Waals surface area contributed by atoms with E-state index in [4.69, 9.17) is 32.7 Å². The van der Waals surface area contributed by atoms with Gasteiger partial charge in [0, 0.05) is 35.1 Å². The molecule has 3 aromatic rings. The van der Waals surface area contributed by atoms with Crippen molar-refractivity contribution in [3.8, 4) is 11.5 Å². The topological polar surface area (TPSA) is 105 Å². The molecule has 42 heavy (non-hydrogen) atoms. The van der Waals surface area contributed by atoms with E-state index >= 15 is 0 Å². The largest absolute Gasteiger partial charge is 0.486 e. The predicted molar refractivity (Wildman–Crippen MR) is 164 cm³/mol. The zero-order valence-electron chi connectivity index (χ0n) is 23.5. The number of fused-ring (bicyclic) bond motifs is 1. The van der Waals surface area contributed by atoms with Crippen molar-refractivity contribution >= 4 is 50.7 Å². The fourth-order valence-corrected chi connectivity index (χ4v) is 5.88. The Labute approximate surface area is 256 Å². The van der Waals surface area contributed by atoms with Gasteiger partial charge in [-0.15, -0.1) is 0 Å². The molecule has 224 valence electrons. The van der Waals surface area contributed by atoms with Crippen molar-refractivity contribution in [2.24, 2.45) is 0 Å². The number of carbonyl (C=O) groups excluding carboxylic acids is 2. The van der Waals surface area contributed by atoms with Crippen molar-refractivity contribution in [1.82, 2.24) is 10.2 Å². The van der Waals surface area contributed by atoms with Gasteiger partial charge in [-0.2, -0.15) is 0 Å². The molecule has 1 aliphatic rings. The molecule has 0 bridgehead atoms. The number of anilines is 1. The van der Waals surface area contributed by atoms with Crippen LogP contribution in [0.25, 0.3) is 0 Å². The van der Waals surface area contributed by atoms with Crippen molar-refractivity contribution in [2.75, 3.05) is 30.3 Å². The van der Waals surface area contributed by atoms with Crippen LogP contribution in [-0.4, -0.2) is 63.2 Å². The molecule has 0 unspecified atom stereocenters. The summed E-state index contributed by atoms with van der Waals surface area (Å²) in [5, 5.41) is 3.64. The first-order valence-corrected chi connectivity index (χ1v) is 16.0. The summed E-state index contributed by atoms with van der Waals surface area (Å²) in [7, 11) is -3.94. The van der Waals surface area contributed by atoms with Crippen molar-refractivity contribution in [3.05, 3.63) is 87.9 Å². The number of carbonyl (C=O) groups is 2. The average Bonchev–Trinajstić information content (AvgIpc) is 2.93. The summed E-state index contributed by atoms with van der Waals surface area (Å²) in [5.74, 6) is -0.112. The lowest BCUT2D eigenvalue weighted by atomic mass is 10.0. The third kappa shape index (κ3) is 8.08. The van der Waals surface area contributed by atoms with E-state index in [0.29, 0.717) is 40.3 Å². The van der Waals surface area contributed by atoms with Crippen LogP contribution in [0.15, 0.2) is 66.7 Å². The van der Waals surface area contributed by atoms with E-state index in [-0.39, 0.29) is 30.6 Å². The summed E-state index contributed by atoms with van der Waals surface area (Å²) in [6.07, 6.45) is 1.21. The molecule has 1 N–H and O–H groups in total. The maximum absolute atomic E-state index is 14.2. The summed E-state index contributed by atoms with van der Waals surface area (Å²) in [6.45, 7) is 3.72. The van der Waals surface area contributed by atoms with Crippen LogP contribution in [0.2, 0.25) is 10.0 Å². The van der Waals surface area contributed by atoms with Crippen LogP contribution in [-0.2, 0) is 32.6 Å². The summed E-state index contributed by atoms with van der Waals surface area (Å²) >= 11 is 12.6. The van der Waals surface area contributed by atoms with Gasteiger partial charge in [0.1, 0.15) is 25.8 Å². The number of hydrogen-bond donors (Lipinski definition) is 1. The SMILES string of the molecule is CC(C)NC(=O)[C@@H](Cc1ccccc1)N(Cc1ccc(Cl)cc1Cl)C(=O)CN(c1ccc2c(c1)OCCO2)S(C)(=O)=O. The molecule has 0 saturated heterocycles. The Kier molecular flexibility index (Phi) is 10.2. The smallest absolute Gasteiger partial charge is 0.244 e. The standard InChI is InChI=1S/C30H33Cl2N3O6S/c1-20(2)33-30(37)26(15-21-7-5-4-6-8-21)34(18-22-9-10-23(31)16-25(22)32)29(36)19-35(42(3,38)39)24-11-12-27-28(17-24)41-14-13-40-27/h4-12,16-17,20,26H,13-15,18-19H2,1-3H3,(H,33,37)/t26-/m1/s1. The minimum absolute atomic E-state index is 0.0589. The summed E-state index contributed by atoms with van der Waals surface area (Å²) in [6, 6.07) is 17.7. The number of hydrogen-bond acceptors (Lipinski definition) is 6. The van der Waals surface area contributed by atoms with E-state index in [1.807, 2.05) is 44.2 Å². The van der Waals surface area contributed by atoms with Crippen LogP contribution < -0.4 is 19.1 Å². The van der Waals surface area contributed by atoms with Crippen molar-refractivity contribution < 1.29 is 27.5 Å². The first-order valence-electron chi connectivity index (χ1n) is 13.4. The molecule has 2 amide bonds. The van der Waals surface area contributed by atoms with E-state index in [9.17, 15) is 18.0 Å². The number of sulfonamides is 1. The molecule has 1 atom stereocenters. The van der Waals surface area contributed by atoms with Crippen LogP contribution in [0.5, 0.6) is 11.5 Å². The Morgan fingerprint density at radius 3 is 2.29 bits per heavy atom. The van der Waals surface area contributed by atoms with Crippen LogP contribution >= 0.6 is 23.2 Å². The molecular formula is C30H33Cl2N3O6S. The average molecular weight is 635 g/mol. The lowest BCUT2D eigenvalue weighted by molar-refractivity contribution is -0.140. The summed E-state index contributed by atoms with van der Waals surface area (Å²) in [4.78, 5) is 29.2. The molecule has 0 fully saturated rings. The highest BCUT2D eigenvalue weighted by molar-refractivity contribution is 7.92. The number of nitrogens with one attached hydrogen (secondary N) is 1. The van der Waals surface area contributed by atoms with Gasteiger partial charge in [0.25, 0.3) is 0 Å². The number of ether oxygens (including phenoxy) is 2. The molecule has 0 saturated carbocycles. The van der Waals surface area contributed by atoms with Gasteiger partial charge in [0.15, 0.2) is 11.5 Å². The second-order valence-corrected chi connectivity index (χ2v) is 13.0. The summed E-state index contributed by atoms with van der Waals surface area (Å²) < 4.78 is 38.2. The highest BCUT2D eigenvalue weighted by Gasteiger charge is 2.34. The molecular weight excluding hydrogens is 601 g/mol. The molecule has 0 aromatic heterocycles. The number of benzene rings is 3. The minimum atomic E-state index is -3.94. The van der Waals surface area contributed by atoms with Gasteiger partial charge >= 0.3 is 0 Å². The quantitative estimate of drug-likeness (QED) is 0.328. The fraction of sp³-hybridized carbons (Fsp3) is 0.333. The zero-order valence-corrected chi connectivity index (χ0v) is 25.9. The molecule has 1 aliphatic heterocycles. The van der Waals surface area contributed by atoms with Crippen LogP contribution in [0.4, 0.5) is 5.69 Å². The van der Waals surface area contributed by atoms with Crippen LogP contribution in [0.1, 0.15) is 25.0 Å². The second kappa shape index (κ2) is 13.7. The van der Waals surface area contributed by atoms with Gasteiger partial charge < -0.3 is 19.7 Å². The predicted octanol–water partition coefficient (Wildman–Crippen LogP) is 4.70. The molecule has 0 spiro atoms. The van der Waals surface area contributed by atoms with Gasteiger partial charge in [-0.05, 0) is 49.2 Å². The highest BCUT2D eigenvalue weighted by atomic mass is 35.5. The lowest BCUT2D eigenvalue weighted by Crippen LogP contribution is -2.54. The maximum Gasteiger partial charge on any atom is 0.244 e. The first-order chi connectivity index (χ1) is 19.9. The normalized spacial score (nSPS) is 13.4. The Hall–Kier alpha value is -3.47. The fourth-order valence-electron chi connectivity index (χ4n) is 4.57. The maximum atomic E-state index is 14.2. The molecule has 4 rings (SSSR count). The van der Waals surface area contributed by atoms with E-state index in [2.05, 4.69) is 5.32 Å². The van der Waals surface area contributed by atoms with Crippen LogP contribution in [0, 0.1) is 0 Å². The molecule has 1 heterocycles. The van der Waals surface area contributed by atoms with Crippen molar-refractivity contribution in [2.45, 2.75) is 38.9 Å². The third-order valence-electron chi connectivity index (χ3n) is 6.55. The van der Waals surface area contributed by atoms with Crippen LogP contribution in [0.3, 0.4) is 0 Å². The number of halogens is 2. The molecule has 9 nitrogen and oxygen atoms in total. The van der Waals surface area contributed by atoms with E-state index < -0.39 is 28.5 Å². The third-order valence-corrected chi connectivity index (χ3v) is 8.28. The minimum Gasteiger partial charge on any atom is -0.486 e. The number of rotatable bonds is 11. The monoisotopic (exact) mass is 633 g/mol. The highest BCUT2D eigenvalue weighted by Crippen LogP contribution is 2.35. The van der Waals surface area contributed by atoms with Gasteiger partial charge in [-0.3, -0.25) is 13.9 Å². The van der Waals surface area contributed by atoms with Gasteiger partial charge in [-0.1, -0.05) is 59.6 Å². The zero-order chi connectivity index (χ0) is 30.4. The van der Waals surface area contributed by atoms with Gasteiger partial charge in [-0.25, -0.2) is 8.42 Å². The number of nitrogens with zero attached hydrogens (tertiary/aromatic N) is 2. The van der Waals surface area contributed by atoms with Crippen molar-refractivity contribution in [1.29, 1.82) is 0 Å². The number of amides is 2. The van der Waals surface area contributed by atoms with Gasteiger partial charge in [0.05, 0.1) is 11.9 Å². The van der Waals surface area contributed by atoms with Crippen molar-refractivity contribution in [3.63, 3.8) is 0 Å². The Morgan fingerprint density at radius 1 is 0.952 bits per heavy atom. The summed E-state index contributed by atoms with van der Waals surface area (Å²) in [5.41, 5.74) is 1.61.